The molecule has 0 amide bonds. The van der Waals surface area contributed by atoms with Crippen LogP contribution in [0.3, 0.4) is 0 Å². The minimum absolute atomic E-state index is 0.174. The van der Waals surface area contributed by atoms with E-state index in [0.717, 1.165) is 18.4 Å². The van der Waals surface area contributed by atoms with Crippen LogP contribution < -0.4 is 0 Å². The molecule has 2 heterocycles. The Morgan fingerprint density at radius 3 is 2.37 bits per heavy atom. The molecule has 0 spiro atoms. The molecule has 1 fully saturated rings. The molecule has 3 nitrogen and oxygen atoms in total. The van der Waals surface area contributed by atoms with Gasteiger partial charge in [0.2, 0.25) is 0 Å². The summed E-state index contributed by atoms with van der Waals surface area (Å²) in [5.41, 5.74) is 3.70. The van der Waals surface area contributed by atoms with Crippen LogP contribution in [-0.4, -0.2) is 18.2 Å². The summed E-state index contributed by atoms with van der Waals surface area (Å²) in [6.07, 6.45) is 5.60. The van der Waals surface area contributed by atoms with Crippen LogP contribution in [0.4, 0.5) is 0 Å². The van der Waals surface area contributed by atoms with Crippen molar-refractivity contribution in [2.75, 3.05) is 13.2 Å². The highest BCUT2D eigenvalue weighted by Crippen LogP contribution is 2.23. The third kappa shape index (κ3) is 3.19. The van der Waals surface area contributed by atoms with Gasteiger partial charge in [0.25, 0.3) is 0 Å². The fourth-order valence-corrected chi connectivity index (χ4v) is 2.23. The van der Waals surface area contributed by atoms with Crippen molar-refractivity contribution < 1.29 is 9.47 Å². The van der Waals surface area contributed by atoms with E-state index < -0.39 is 0 Å². The quantitative estimate of drug-likeness (QED) is 0.841. The van der Waals surface area contributed by atoms with E-state index in [2.05, 4.69) is 35.3 Å². The lowest BCUT2D eigenvalue weighted by molar-refractivity contribution is -0.0441. The van der Waals surface area contributed by atoms with E-state index in [9.17, 15) is 0 Å². The van der Waals surface area contributed by atoms with E-state index in [1.54, 1.807) is 6.20 Å². The molecule has 1 aliphatic rings. The van der Waals surface area contributed by atoms with Gasteiger partial charge in [-0.05, 0) is 30.0 Å². The van der Waals surface area contributed by atoms with Crippen molar-refractivity contribution >= 4 is 0 Å². The second-order valence-electron chi connectivity index (χ2n) is 4.68. The molecular formula is C16H17NO2. The van der Waals surface area contributed by atoms with E-state index in [1.165, 1.54) is 11.1 Å². The van der Waals surface area contributed by atoms with Gasteiger partial charge in [-0.3, -0.25) is 4.98 Å². The molecule has 1 aromatic heterocycles. The Kier molecular flexibility index (Phi) is 3.86. The van der Waals surface area contributed by atoms with Gasteiger partial charge in [-0.25, -0.2) is 0 Å². The topological polar surface area (TPSA) is 31.4 Å². The molecule has 1 aliphatic heterocycles. The first kappa shape index (κ1) is 12.3. The Bertz CT molecular complexity index is 504. The lowest BCUT2D eigenvalue weighted by Gasteiger charge is -2.10. The fourth-order valence-electron chi connectivity index (χ4n) is 2.23. The van der Waals surface area contributed by atoms with Crippen molar-refractivity contribution in [3.63, 3.8) is 0 Å². The Morgan fingerprint density at radius 2 is 1.68 bits per heavy atom. The third-order valence-electron chi connectivity index (χ3n) is 3.30. The molecule has 1 saturated heterocycles. The van der Waals surface area contributed by atoms with Crippen molar-refractivity contribution in [2.24, 2.45) is 0 Å². The zero-order valence-electron chi connectivity index (χ0n) is 10.8. The highest BCUT2D eigenvalue weighted by atomic mass is 16.7. The van der Waals surface area contributed by atoms with Crippen molar-refractivity contribution in [1.82, 2.24) is 4.98 Å². The summed E-state index contributed by atoms with van der Waals surface area (Å²) in [5, 5.41) is 0. The number of hydrogen-bond donors (Lipinski definition) is 0. The van der Waals surface area contributed by atoms with Crippen molar-refractivity contribution in [3.05, 3.63) is 65.5 Å². The molecule has 2 aromatic rings. The minimum Gasteiger partial charge on any atom is -0.346 e. The first-order valence-electron chi connectivity index (χ1n) is 6.63. The first-order chi connectivity index (χ1) is 9.42. The fraction of sp³-hybridized carbons (Fsp3) is 0.312. The van der Waals surface area contributed by atoms with Gasteiger partial charge in [-0.2, -0.15) is 0 Å². The maximum absolute atomic E-state index is 5.48. The first-order valence-corrected chi connectivity index (χ1v) is 6.63. The number of benzene rings is 1. The molecule has 0 atom stereocenters. The van der Waals surface area contributed by atoms with Gasteiger partial charge in [0.15, 0.2) is 6.29 Å². The Morgan fingerprint density at radius 1 is 0.947 bits per heavy atom. The monoisotopic (exact) mass is 255 g/mol. The third-order valence-corrected chi connectivity index (χ3v) is 3.30. The van der Waals surface area contributed by atoms with E-state index >= 15 is 0 Å². The molecule has 0 N–H and O–H groups in total. The van der Waals surface area contributed by atoms with Gasteiger partial charge in [0.05, 0.1) is 13.2 Å². The molecule has 3 rings (SSSR count). The highest BCUT2D eigenvalue weighted by Gasteiger charge is 2.17. The second kappa shape index (κ2) is 5.95. The number of pyridine rings is 1. The van der Waals surface area contributed by atoms with Gasteiger partial charge >= 0.3 is 0 Å². The average molecular weight is 255 g/mol. The lowest BCUT2D eigenvalue weighted by Crippen LogP contribution is -1.98. The summed E-state index contributed by atoms with van der Waals surface area (Å²) in [4.78, 5) is 4.13. The van der Waals surface area contributed by atoms with Gasteiger partial charge in [-0.1, -0.05) is 30.3 Å². The van der Waals surface area contributed by atoms with Crippen LogP contribution in [0.2, 0.25) is 0 Å². The lowest BCUT2D eigenvalue weighted by atomic mass is 10.0. The largest absolute Gasteiger partial charge is 0.346 e. The zero-order chi connectivity index (χ0) is 12.9. The number of rotatable bonds is 4. The van der Waals surface area contributed by atoms with Crippen molar-refractivity contribution in [3.8, 4) is 0 Å². The van der Waals surface area contributed by atoms with E-state index in [1.807, 2.05) is 12.3 Å². The van der Waals surface area contributed by atoms with Crippen LogP contribution in [0, 0.1) is 0 Å². The molecule has 98 valence electrons. The number of nitrogens with zero attached hydrogens (tertiary/aromatic N) is 1. The molecule has 3 heteroatoms. The summed E-state index contributed by atoms with van der Waals surface area (Å²) in [6.45, 7) is 1.38. The van der Waals surface area contributed by atoms with E-state index in [0.29, 0.717) is 13.2 Å². The average Bonchev–Trinajstić information content (AvgIpc) is 3.01. The maximum atomic E-state index is 5.48. The molecular weight excluding hydrogens is 238 g/mol. The summed E-state index contributed by atoms with van der Waals surface area (Å²) < 4.78 is 11.0. The maximum Gasteiger partial charge on any atom is 0.184 e. The van der Waals surface area contributed by atoms with Crippen LogP contribution in [0.25, 0.3) is 0 Å². The Balaban J connectivity index is 1.60. The number of ether oxygens (including phenoxy) is 2. The van der Waals surface area contributed by atoms with E-state index in [-0.39, 0.29) is 6.29 Å². The highest BCUT2D eigenvalue weighted by molar-refractivity contribution is 5.24. The van der Waals surface area contributed by atoms with Gasteiger partial charge in [-0.15, -0.1) is 0 Å². The molecule has 1 aromatic carbocycles. The van der Waals surface area contributed by atoms with Crippen molar-refractivity contribution in [1.29, 1.82) is 0 Å². The van der Waals surface area contributed by atoms with E-state index in [4.69, 9.17) is 9.47 Å². The molecule has 0 unspecified atom stereocenters. The smallest absolute Gasteiger partial charge is 0.184 e. The second-order valence-corrected chi connectivity index (χ2v) is 4.68. The normalized spacial score (nSPS) is 15.8. The molecule has 19 heavy (non-hydrogen) atoms. The Labute approximate surface area is 113 Å². The van der Waals surface area contributed by atoms with Gasteiger partial charge in [0.1, 0.15) is 0 Å². The number of hydrogen-bond acceptors (Lipinski definition) is 3. The molecule has 0 radical (unpaired) electrons. The predicted molar refractivity (Wildman–Crippen MR) is 72.7 cm³/mol. The van der Waals surface area contributed by atoms with Gasteiger partial charge < -0.3 is 9.47 Å². The van der Waals surface area contributed by atoms with Gasteiger partial charge in [0, 0.05) is 18.0 Å². The zero-order valence-corrected chi connectivity index (χ0v) is 10.8. The Hall–Kier alpha value is -1.71. The summed E-state index contributed by atoms with van der Waals surface area (Å²) in [6, 6.07) is 12.6. The molecule has 0 saturated carbocycles. The molecule has 0 bridgehead atoms. The van der Waals surface area contributed by atoms with Crippen LogP contribution in [0.15, 0.2) is 48.8 Å². The number of aromatic nitrogens is 1. The van der Waals surface area contributed by atoms with Crippen LogP contribution >= 0.6 is 0 Å². The van der Waals surface area contributed by atoms with Crippen LogP contribution in [0.5, 0.6) is 0 Å². The van der Waals surface area contributed by atoms with Crippen LogP contribution in [0.1, 0.15) is 23.0 Å². The van der Waals surface area contributed by atoms with Crippen molar-refractivity contribution in [2.45, 2.75) is 19.1 Å². The van der Waals surface area contributed by atoms with Crippen LogP contribution in [-0.2, 0) is 22.3 Å². The summed E-state index contributed by atoms with van der Waals surface area (Å²) >= 11 is 0. The summed E-state index contributed by atoms with van der Waals surface area (Å²) in [7, 11) is 0. The number of aryl methyl sites for hydroxylation is 2. The predicted octanol–water partition coefficient (Wildman–Crippen LogP) is 2.91. The standard InChI is InChI=1S/C16H17NO2/c1-2-14(12-17-9-1)4-3-13-5-7-15(8-6-13)16-18-10-11-19-16/h1-2,5-9,12,16H,3-4,10-11H2. The summed E-state index contributed by atoms with van der Waals surface area (Å²) in [5.74, 6) is 0. The SMILES string of the molecule is c1cncc(CCc2ccc(C3OCCO3)cc2)c1. The molecule has 0 aliphatic carbocycles. The minimum atomic E-state index is -0.174.